The number of benzene rings is 1. The van der Waals surface area contributed by atoms with Gasteiger partial charge in [0.25, 0.3) is 0 Å². The fourth-order valence-corrected chi connectivity index (χ4v) is 3.70. The number of nitrogens with two attached hydrogens (primary N) is 1. The molecule has 8 nitrogen and oxygen atoms in total. The van der Waals surface area contributed by atoms with Crippen molar-refractivity contribution in [3.05, 3.63) is 28.1 Å². The molecule has 0 aliphatic rings. The summed E-state index contributed by atoms with van der Waals surface area (Å²) in [6.45, 7) is 3.56. The lowest BCUT2D eigenvalue weighted by Gasteiger charge is -2.30. The number of sulfonamides is 1. The summed E-state index contributed by atoms with van der Waals surface area (Å²) < 4.78 is 45.9. The third-order valence-corrected chi connectivity index (χ3v) is 5.36. The van der Waals surface area contributed by atoms with E-state index in [1.54, 1.807) is 13.8 Å². The monoisotopic (exact) mass is 385 g/mol. The molecule has 0 saturated carbocycles. The van der Waals surface area contributed by atoms with Crippen LogP contribution in [0.2, 0.25) is 0 Å². The maximum Gasteiger partial charge on any atom is 0.315 e. The molecule has 24 heavy (non-hydrogen) atoms. The molecule has 0 fully saturated rings. The van der Waals surface area contributed by atoms with Crippen molar-refractivity contribution in [2.45, 2.75) is 37.1 Å². The standard InChI is InChI=1S/C13H20FN3O5S.ClH/c1-4-13(5-2,8-15)16-23(20,21)9-6-10(14)12(22-3)11(7-9)17(18)19;/h6-7,16H,4-5,8,15H2,1-3H3;1H. The summed E-state index contributed by atoms with van der Waals surface area (Å²) in [4.78, 5) is 9.53. The van der Waals surface area contributed by atoms with E-state index in [1.165, 1.54) is 0 Å². The van der Waals surface area contributed by atoms with E-state index in [-0.39, 0.29) is 19.0 Å². The van der Waals surface area contributed by atoms with E-state index in [0.717, 1.165) is 13.2 Å². The summed E-state index contributed by atoms with van der Waals surface area (Å²) >= 11 is 0. The first-order chi connectivity index (χ1) is 10.7. The summed E-state index contributed by atoms with van der Waals surface area (Å²) in [5.74, 6) is -1.75. The molecule has 0 unspecified atom stereocenters. The van der Waals surface area contributed by atoms with E-state index in [1.807, 2.05) is 0 Å². The third kappa shape index (κ3) is 4.53. The van der Waals surface area contributed by atoms with Gasteiger partial charge in [-0.3, -0.25) is 10.1 Å². The summed E-state index contributed by atoms with van der Waals surface area (Å²) in [5.41, 5.74) is 3.98. The Hall–Kier alpha value is -1.49. The molecule has 1 aromatic rings. The zero-order valence-electron chi connectivity index (χ0n) is 13.5. The minimum Gasteiger partial charge on any atom is -0.488 e. The average Bonchev–Trinajstić information content (AvgIpc) is 2.51. The van der Waals surface area contributed by atoms with Gasteiger partial charge >= 0.3 is 5.69 Å². The van der Waals surface area contributed by atoms with Gasteiger partial charge in [-0.25, -0.2) is 17.5 Å². The Bertz CT molecular complexity index is 687. The highest BCUT2D eigenvalue weighted by Crippen LogP contribution is 2.33. The summed E-state index contributed by atoms with van der Waals surface area (Å²) in [6.07, 6.45) is 0.833. The highest BCUT2D eigenvalue weighted by Gasteiger charge is 2.33. The van der Waals surface area contributed by atoms with E-state index in [0.29, 0.717) is 18.9 Å². The van der Waals surface area contributed by atoms with Crippen molar-refractivity contribution in [3.8, 4) is 5.75 Å². The molecule has 11 heteroatoms. The van der Waals surface area contributed by atoms with Crippen LogP contribution in [0.3, 0.4) is 0 Å². The molecule has 0 aliphatic carbocycles. The van der Waals surface area contributed by atoms with Crippen LogP contribution in [-0.4, -0.2) is 32.5 Å². The van der Waals surface area contributed by atoms with Crippen LogP contribution >= 0.6 is 12.4 Å². The second-order valence-corrected chi connectivity index (χ2v) is 6.69. The molecule has 3 N–H and O–H groups in total. The van der Waals surface area contributed by atoms with Gasteiger partial charge in [-0.05, 0) is 18.9 Å². The molecule has 0 spiro atoms. The van der Waals surface area contributed by atoms with Crippen molar-refractivity contribution in [1.82, 2.24) is 4.72 Å². The first-order valence-electron chi connectivity index (χ1n) is 6.92. The number of nitrogens with zero attached hydrogens (tertiary/aromatic N) is 1. The van der Waals surface area contributed by atoms with Gasteiger partial charge in [0.05, 0.1) is 16.9 Å². The summed E-state index contributed by atoms with van der Waals surface area (Å²) in [5, 5.41) is 11.0. The van der Waals surface area contributed by atoms with Crippen molar-refractivity contribution in [1.29, 1.82) is 0 Å². The van der Waals surface area contributed by atoms with Crippen LogP contribution in [-0.2, 0) is 10.0 Å². The summed E-state index contributed by atoms with van der Waals surface area (Å²) in [6, 6.07) is 1.44. The van der Waals surface area contributed by atoms with E-state index in [2.05, 4.69) is 9.46 Å². The van der Waals surface area contributed by atoms with Gasteiger partial charge in [0.1, 0.15) is 0 Å². The molecule has 0 aliphatic heterocycles. The molecule has 138 valence electrons. The Balaban J connectivity index is 0.00000529. The van der Waals surface area contributed by atoms with Crippen molar-refractivity contribution in [2.24, 2.45) is 5.73 Å². The average molecular weight is 386 g/mol. The molecule has 1 aromatic carbocycles. The van der Waals surface area contributed by atoms with Crippen LogP contribution in [0, 0.1) is 15.9 Å². The first-order valence-corrected chi connectivity index (χ1v) is 8.40. The second kappa shape index (κ2) is 8.56. The fourth-order valence-electron chi connectivity index (χ4n) is 2.12. The number of nitro groups is 1. The van der Waals surface area contributed by atoms with Gasteiger partial charge < -0.3 is 10.5 Å². The third-order valence-electron chi connectivity index (χ3n) is 3.80. The highest BCUT2D eigenvalue weighted by molar-refractivity contribution is 7.89. The molecule has 0 aromatic heterocycles. The number of hydrogen-bond acceptors (Lipinski definition) is 6. The number of ether oxygens (including phenoxy) is 1. The molecular weight excluding hydrogens is 365 g/mol. The topological polar surface area (TPSA) is 125 Å². The predicted octanol–water partition coefficient (Wildman–Crippen LogP) is 1.96. The lowest BCUT2D eigenvalue weighted by molar-refractivity contribution is -0.386. The molecule has 0 bridgehead atoms. The van der Waals surface area contributed by atoms with Crippen LogP contribution in [0.15, 0.2) is 17.0 Å². The lowest BCUT2D eigenvalue weighted by atomic mass is 9.95. The van der Waals surface area contributed by atoms with E-state index < -0.39 is 42.6 Å². The van der Waals surface area contributed by atoms with Gasteiger partial charge in [0, 0.05) is 18.2 Å². The molecule has 0 atom stereocenters. The second-order valence-electron chi connectivity index (χ2n) is 5.01. The molecule has 0 heterocycles. The van der Waals surface area contributed by atoms with E-state index in [4.69, 9.17) is 5.73 Å². The smallest absolute Gasteiger partial charge is 0.315 e. The quantitative estimate of drug-likeness (QED) is 0.520. The Morgan fingerprint density at radius 1 is 1.38 bits per heavy atom. The van der Waals surface area contributed by atoms with Crippen molar-refractivity contribution in [2.75, 3.05) is 13.7 Å². The van der Waals surface area contributed by atoms with Gasteiger partial charge in [-0.1, -0.05) is 13.8 Å². The Kier molecular flexibility index (Phi) is 8.03. The van der Waals surface area contributed by atoms with Crippen molar-refractivity contribution < 1.29 is 22.5 Å². The first kappa shape index (κ1) is 22.5. The molecule has 0 radical (unpaired) electrons. The fraction of sp³-hybridized carbons (Fsp3) is 0.538. The lowest BCUT2D eigenvalue weighted by Crippen LogP contribution is -2.52. The maximum atomic E-state index is 13.9. The highest BCUT2D eigenvalue weighted by atomic mass is 35.5. The van der Waals surface area contributed by atoms with Crippen LogP contribution < -0.4 is 15.2 Å². The normalized spacial score (nSPS) is 11.7. The summed E-state index contributed by atoms with van der Waals surface area (Å²) in [7, 11) is -3.13. The zero-order chi connectivity index (χ0) is 17.8. The Morgan fingerprint density at radius 2 is 1.92 bits per heavy atom. The number of hydrogen-bond donors (Lipinski definition) is 2. The van der Waals surface area contributed by atoms with Crippen LogP contribution in [0.25, 0.3) is 0 Å². The molecular formula is C13H21ClFN3O5S. The minimum absolute atomic E-state index is 0. The Morgan fingerprint density at radius 3 is 2.29 bits per heavy atom. The van der Waals surface area contributed by atoms with Crippen LogP contribution in [0.1, 0.15) is 26.7 Å². The molecule has 0 amide bonds. The van der Waals surface area contributed by atoms with Gasteiger partial charge in [-0.15, -0.1) is 12.4 Å². The Labute approximate surface area is 146 Å². The van der Waals surface area contributed by atoms with Gasteiger partial charge in [-0.2, -0.15) is 0 Å². The predicted molar refractivity (Wildman–Crippen MR) is 89.5 cm³/mol. The maximum absolute atomic E-state index is 13.9. The molecule has 1 rings (SSSR count). The number of rotatable bonds is 8. The largest absolute Gasteiger partial charge is 0.488 e. The SMILES string of the molecule is CCC(CC)(CN)NS(=O)(=O)c1cc(F)c(OC)c([N+](=O)[O-])c1.Cl. The minimum atomic E-state index is -4.19. The molecule has 0 saturated heterocycles. The van der Waals surface area contributed by atoms with E-state index >= 15 is 0 Å². The zero-order valence-corrected chi connectivity index (χ0v) is 15.2. The van der Waals surface area contributed by atoms with Gasteiger partial charge in [0.2, 0.25) is 15.8 Å². The van der Waals surface area contributed by atoms with Crippen molar-refractivity contribution in [3.63, 3.8) is 0 Å². The number of methoxy groups -OCH3 is 1. The van der Waals surface area contributed by atoms with Gasteiger partial charge in [0.15, 0.2) is 5.82 Å². The van der Waals surface area contributed by atoms with Crippen LogP contribution in [0.5, 0.6) is 5.75 Å². The van der Waals surface area contributed by atoms with E-state index in [9.17, 15) is 22.9 Å². The number of nitro benzene ring substituents is 1. The van der Waals surface area contributed by atoms with Crippen molar-refractivity contribution >= 4 is 28.1 Å². The van der Waals surface area contributed by atoms with Crippen LogP contribution in [0.4, 0.5) is 10.1 Å². The number of nitrogens with one attached hydrogen (secondary N) is 1. The number of halogens is 2.